The molecule has 1 aliphatic heterocycles. The van der Waals surface area contributed by atoms with Gasteiger partial charge in [-0.05, 0) is 49.7 Å². The summed E-state index contributed by atoms with van der Waals surface area (Å²) in [6.45, 7) is 1.54. The quantitative estimate of drug-likeness (QED) is 0.559. The maximum Gasteiger partial charge on any atom is 0.306 e. The Hall–Kier alpha value is -3.99. The first kappa shape index (κ1) is 20.7. The van der Waals surface area contributed by atoms with Crippen LogP contribution in [0.25, 0.3) is 0 Å². The molecule has 0 fully saturated rings. The molecule has 0 saturated heterocycles. The van der Waals surface area contributed by atoms with Gasteiger partial charge in [-0.3, -0.25) is 24.1 Å². The Morgan fingerprint density at radius 3 is 2.23 bits per heavy atom. The number of hydrogen-bond acceptors (Lipinski definition) is 6. The van der Waals surface area contributed by atoms with Gasteiger partial charge in [-0.2, -0.15) is 5.26 Å². The van der Waals surface area contributed by atoms with E-state index in [4.69, 9.17) is 10.00 Å². The van der Waals surface area contributed by atoms with E-state index in [0.717, 1.165) is 4.90 Å². The first-order chi connectivity index (χ1) is 14.4. The van der Waals surface area contributed by atoms with E-state index in [1.807, 2.05) is 6.07 Å². The number of benzene rings is 2. The van der Waals surface area contributed by atoms with Gasteiger partial charge in [-0.1, -0.05) is 12.1 Å². The minimum Gasteiger partial charge on any atom is -0.453 e. The van der Waals surface area contributed by atoms with E-state index in [2.05, 4.69) is 5.32 Å². The lowest BCUT2D eigenvalue weighted by atomic mass is 10.1. The Bertz CT molecular complexity index is 1000. The summed E-state index contributed by atoms with van der Waals surface area (Å²) in [5.74, 6) is -1.86. The SMILES string of the molecule is C[C@@H](OC(=O)CCCN1C(=O)c2ccccc2C1=O)C(=O)Nc1ccc(C#N)cc1. The Balaban J connectivity index is 1.44. The van der Waals surface area contributed by atoms with Gasteiger partial charge in [-0.25, -0.2) is 0 Å². The number of hydrogen-bond donors (Lipinski definition) is 1. The van der Waals surface area contributed by atoms with E-state index < -0.39 is 18.0 Å². The van der Waals surface area contributed by atoms with Crippen LogP contribution in [0, 0.1) is 11.3 Å². The fourth-order valence-electron chi connectivity index (χ4n) is 3.01. The van der Waals surface area contributed by atoms with Gasteiger partial charge in [0.1, 0.15) is 0 Å². The third-order valence-corrected chi connectivity index (χ3v) is 4.60. The average molecular weight is 405 g/mol. The van der Waals surface area contributed by atoms with E-state index >= 15 is 0 Å². The average Bonchev–Trinajstić information content (AvgIpc) is 2.99. The molecule has 30 heavy (non-hydrogen) atoms. The van der Waals surface area contributed by atoms with Gasteiger partial charge in [0.2, 0.25) is 0 Å². The third kappa shape index (κ3) is 4.52. The number of carbonyl (C=O) groups excluding carboxylic acids is 4. The highest BCUT2D eigenvalue weighted by atomic mass is 16.5. The smallest absolute Gasteiger partial charge is 0.306 e. The summed E-state index contributed by atoms with van der Waals surface area (Å²) in [6, 6.07) is 14.8. The molecule has 1 aliphatic rings. The number of nitriles is 1. The number of rotatable bonds is 7. The van der Waals surface area contributed by atoms with Crippen LogP contribution in [0.2, 0.25) is 0 Å². The maximum absolute atomic E-state index is 12.3. The molecule has 0 saturated carbocycles. The molecule has 0 bridgehead atoms. The van der Waals surface area contributed by atoms with E-state index in [1.54, 1.807) is 48.5 Å². The predicted octanol–water partition coefficient (Wildman–Crippen LogP) is 2.50. The van der Waals surface area contributed by atoms with Crippen LogP contribution < -0.4 is 5.32 Å². The minimum atomic E-state index is -1.02. The Morgan fingerprint density at radius 2 is 1.67 bits per heavy atom. The minimum absolute atomic E-state index is 0.0398. The number of carbonyl (C=O) groups is 4. The van der Waals surface area contributed by atoms with Crippen molar-refractivity contribution in [2.75, 3.05) is 11.9 Å². The Morgan fingerprint density at radius 1 is 1.07 bits per heavy atom. The van der Waals surface area contributed by atoms with Crippen LogP contribution >= 0.6 is 0 Å². The van der Waals surface area contributed by atoms with Crippen molar-refractivity contribution < 1.29 is 23.9 Å². The van der Waals surface area contributed by atoms with E-state index in [0.29, 0.717) is 22.4 Å². The molecule has 8 heteroatoms. The summed E-state index contributed by atoms with van der Waals surface area (Å²) in [4.78, 5) is 49.8. The van der Waals surface area contributed by atoms with Crippen molar-refractivity contribution in [2.24, 2.45) is 0 Å². The monoisotopic (exact) mass is 405 g/mol. The van der Waals surface area contributed by atoms with Gasteiger partial charge in [0.15, 0.2) is 6.10 Å². The zero-order valence-corrected chi connectivity index (χ0v) is 16.3. The van der Waals surface area contributed by atoms with Gasteiger partial charge in [0.05, 0.1) is 22.8 Å². The normalized spacial score (nSPS) is 13.4. The van der Waals surface area contributed by atoms with Crippen molar-refractivity contribution >= 4 is 29.4 Å². The summed E-state index contributed by atoms with van der Waals surface area (Å²) >= 11 is 0. The zero-order chi connectivity index (χ0) is 21.7. The molecule has 0 unspecified atom stereocenters. The lowest BCUT2D eigenvalue weighted by Gasteiger charge is -2.15. The fourth-order valence-corrected chi connectivity index (χ4v) is 3.01. The van der Waals surface area contributed by atoms with Gasteiger partial charge >= 0.3 is 5.97 Å². The zero-order valence-electron chi connectivity index (χ0n) is 16.3. The van der Waals surface area contributed by atoms with Crippen LogP contribution in [-0.2, 0) is 14.3 Å². The number of fused-ring (bicyclic) bond motifs is 1. The van der Waals surface area contributed by atoms with Crippen molar-refractivity contribution in [3.8, 4) is 6.07 Å². The summed E-state index contributed by atoms with van der Waals surface area (Å²) in [5.41, 5.74) is 1.66. The lowest BCUT2D eigenvalue weighted by molar-refractivity contribution is -0.153. The number of esters is 1. The molecule has 152 valence electrons. The summed E-state index contributed by atoms with van der Waals surface area (Å²) in [6.07, 6.45) is -0.830. The topological polar surface area (TPSA) is 117 Å². The number of nitrogens with zero attached hydrogens (tertiary/aromatic N) is 2. The first-order valence-corrected chi connectivity index (χ1v) is 9.36. The predicted molar refractivity (Wildman–Crippen MR) is 106 cm³/mol. The molecule has 1 N–H and O–H groups in total. The second-order valence-electron chi connectivity index (χ2n) is 6.72. The van der Waals surface area contributed by atoms with Crippen molar-refractivity contribution in [1.82, 2.24) is 4.90 Å². The Kier molecular flexibility index (Phi) is 6.23. The molecule has 3 amide bonds. The second kappa shape index (κ2) is 9.01. The third-order valence-electron chi connectivity index (χ3n) is 4.60. The van der Waals surface area contributed by atoms with Crippen LogP contribution in [0.3, 0.4) is 0 Å². The molecule has 2 aromatic rings. The molecule has 1 heterocycles. The fraction of sp³-hybridized carbons (Fsp3) is 0.227. The summed E-state index contributed by atoms with van der Waals surface area (Å²) in [5, 5.41) is 11.4. The van der Waals surface area contributed by atoms with Gasteiger partial charge in [0.25, 0.3) is 17.7 Å². The summed E-state index contributed by atoms with van der Waals surface area (Å²) in [7, 11) is 0. The molecule has 0 aromatic heterocycles. The van der Waals surface area contributed by atoms with Crippen molar-refractivity contribution in [3.05, 3.63) is 65.2 Å². The molecule has 1 atom stereocenters. The highest BCUT2D eigenvalue weighted by molar-refractivity contribution is 6.21. The molecular formula is C22H19N3O5. The number of anilines is 1. The molecular weight excluding hydrogens is 386 g/mol. The van der Waals surface area contributed by atoms with Crippen molar-refractivity contribution in [3.63, 3.8) is 0 Å². The number of amides is 3. The van der Waals surface area contributed by atoms with Crippen LogP contribution in [0.5, 0.6) is 0 Å². The van der Waals surface area contributed by atoms with Crippen LogP contribution in [0.4, 0.5) is 5.69 Å². The number of ether oxygens (including phenoxy) is 1. The van der Waals surface area contributed by atoms with Crippen LogP contribution in [0.15, 0.2) is 48.5 Å². The maximum atomic E-state index is 12.3. The lowest BCUT2D eigenvalue weighted by Crippen LogP contribution is -2.32. The highest BCUT2D eigenvalue weighted by Crippen LogP contribution is 2.22. The van der Waals surface area contributed by atoms with Crippen molar-refractivity contribution in [2.45, 2.75) is 25.9 Å². The largest absolute Gasteiger partial charge is 0.453 e. The number of nitrogens with one attached hydrogen (secondary N) is 1. The molecule has 0 radical (unpaired) electrons. The van der Waals surface area contributed by atoms with Gasteiger partial charge < -0.3 is 10.1 Å². The van der Waals surface area contributed by atoms with Crippen LogP contribution in [-0.4, -0.2) is 41.2 Å². The van der Waals surface area contributed by atoms with E-state index in [-0.39, 0.29) is 31.2 Å². The molecule has 0 aliphatic carbocycles. The first-order valence-electron chi connectivity index (χ1n) is 9.36. The van der Waals surface area contributed by atoms with Gasteiger partial charge in [-0.15, -0.1) is 0 Å². The molecule has 8 nitrogen and oxygen atoms in total. The van der Waals surface area contributed by atoms with E-state index in [1.165, 1.54) is 6.92 Å². The summed E-state index contributed by atoms with van der Waals surface area (Å²) < 4.78 is 5.12. The van der Waals surface area contributed by atoms with Crippen molar-refractivity contribution in [1.29, 1.82) is 5.26 Å². The molecule has 2 aromatic carbocycles. The Labute approximate surface area is 173 Å². The standard InChI is InChI=1S/C22H19N3O5/c1-14(20(27)24-16-10-8-15(13-23)9-11-16)30-19(26)7-4-12-25-21(28)17-5-2-3-6-18(17)22(25)29/h2-3,5-6,8-11,14H,4,7,12H2,1H3,(H,24,27)/t14-/m1/s1. The molecule has 0 spiro atoms. The van der Waals surface area contributed by atoms with Crippen LogP contribution in [0.1, 0.15) is 46.0 Å². The molecule has 3 rings (SSSR count). The highest BCUT2D eigenvalue weighted by Gasteiger charge is 2.34. The second-order valence-corrected chi connectivity index (χ2v) is 6.72. The van der Waals surface area contributed by atoms with Gasteiger partial charge in [0, 0.05) is 18.7 Å². The number of imide groups is 1. The van der Waals surface area contributed by atoms with E-state index in [9.17, 15) is 19.2 Å².